The van der Waals surface area contributed by atoms with E-state index in [-0.39, 0.29) is 5.82 Å². The lowest BCUT2D eigenvalue weighted by Crippen LogP contribution is -2.65. The smallest absolute Gasteiger partial charge is 0.258 e. The second-order valence-electron chi connectivity index (χ2n) is 11.6. The van der Waals surface area contributed by atoms with Gasteiger partial charge in [-0.05, 0) is 57.7 Å². The van der Waals surface area contributed by atoms with E-state index in [2.05, 4.69) is 29.4 Å². The average molecular weight is 619 g/mol. The molecule has 0 amide bonds. The first-order chi connectivity index (χ1) is 21.2. The molecule has 0 aliphatic heterocycles. The number of anilines is 3. The highest BCUT2D eigenvalue weighted by molar-refractivity contribution is 6.98. The Balaban J connectivity index is 1.50. The molecule has 0 saturated heterocycles. The number of hydrogen-bond acceptors (Lipinski definition) is 5. The highest BCUT2D eigenvalue weighted by Gasteiger charge is 2.50. The number of halogens is 2. The topological polar surface area (TPSA) is 84.1 Å². The maximum atomic E-state index is 16.0. The lowest BCUT2D eigenvalue weighted by atomic mass is 9.91. The third-order valence-electron chi connectivity index (χ3n) is 8.30. The molecule has 6 aromatic rings. The third-order valence-corrected chi connectivity index (χ3v) is 13.1. The summed E-state index contributed by atoms with van der Waals surface area (Å²) in [5, 5.41) is 14.5. The summed E-state index contributed by atoms with van der Waals surface area (Å²) in [5.74, 6) is 0.298. The molecule has 44 heavy (non-hydrogen) atoms. The number of para-hydroxylation sites is 1. The van der Waals surface area contributed by atoms with E-state index in [1.165, 1.54) is 6.07 Å². The summed E-state index contributed by atoms with van der Waals surface area (Å²) in [7, 11) is -3.37. The van der Waals surface area contributed by atoms with Crippen molar-refractivity contribution in [1.29, 1.82) is 0 Å². The van der Waals surface area contributed by atoms with Gasteiger partial charge in [0.15, 0.2) is 11.6 Å². The van der Waals surface area contributed by atoms with Crippen LogP contribution in [0.5, 0.6) is 0 Å². The Morgan fingerprint density at radius 1 is 0.795 bits per heavy atom. The third kappa shape index (κ3) is 5.34. The van der Waals surface area contributed by atoms with E-state index in [1.54, 1.807) is 12.1 Å². The molecule has 0 radical (unpaired) electrons. The van der Waals surface area contributed by atoms with Gasteiger partial charge in [-0.3, -0.25) is 0 Å². The molecule has 1 heterocycles. The van der Waals surface area contributed by atoms with Crippen LogP contribution in [0, 0.1) is 5.82 Å². The molecule has 4 N–H and O–H groups in total. The van der Waals surface area contributed by atoms with Crippen molar-refractivity contribution < 1.29 is 9.19 Å². The van der Waals surface area contributed by atoms with Crippen molar-refractivity contribution in [3.63, 3.8) is 0 Å². The number of aromatic nitrogens is 2. The van der Waals surface area contributed by atoms with E-state index in [9.17, 15) is 4.80 Å². The number of nitrogens with zero attached hydrogens (tertiary/aromatic N) is 2. The first-order valence-corrected chi connectivity index (χ1v) is 16.7. The maximum absolute atomic E-state index is 16.0. The van der Waals surface area contributed by atoms with E-state index in [4.69, 9.17) is 17.3 Å². The Morgan fingerprint density at radius 3 is 2.00 bits per heavy atom. The van der Waals surface area contributed by atoms with Gasteiger partial charge in [0.05, 0.1) is 0 Å². The predicted molar refractivity (Wildman–Crippen MR) is 182 cm³/mol. The van der Waals surface area contributed by atoms with Gasteiger partial charge in [-0.25, -0.2) is 4.39 Å². The highest BCUT2D eigenvalue weighted by Crippen LogP contribution is 2.44. The minimum atomic E-state index is -3.37. The number of nitrogen functional groups attached to an aromatic ring is 1. The minimum Gasteiger partial charge on any atom is -0.424 e. The number of nitrogens with two attached hydrogens (primary N) is 1. The van der Waals surface area contributed by atoms with Crippen LogP contribution in [0.15, 0.2) is 121 Å². The van der Waals surface area contributed by atoms with Crippen LogP contribution in [-0.2, 0) is 6.42 Å². The standard InChI is InChI=1S/C36H32ClFN4OSi/c1-36(2,44(43,26-16-8-4-9-17-26)27-18-10-5-11-19-27)23-24-13-12-20-32(38)33(24)30-21-29-28(22-31(30)37)34(39)41-42-35(29)40-25-14-6-3-7-15-25/h3-22,43H,23H2,1-2H3,(H2,39,41)(H,40,42). The quantitative estimate of drug-likeness (QED) is 0.154. The molecular formula is C36H32ClFN4OSi. The Labute approximate surface area is 262 Å². The van der Waals surface area contributed by atoms with Gasteiger partial charge in [0, 0.05) is 32.6 Å². The molecule has 6 rings (SSSR count). The fourth-order valence-electron chi connectivity index (χ4n) is 6.06. The molecule has 1 aromatic heterocycles. The molecule has 5 aromatic carbocycles. The van der Waals surface area contributed by atoms with Crippen molar-refractivity contribution in [2.24, 2.45) is 0 Å². The maximum Gasteiger partial charge on any atom is 0.258 e. The van der Waals surface area contributed by atoms with E-state index < -0.39 is 19.2 Å². The SMILES string of the molecule is CC(C)(Cc1cccc(F)c1-c1cc2c(Nc3ccccc3)nnc(N)c2cc1Cl)[Si](O)(c1ccccc1)c1ccccc1. The summed E-state index contributed by atoms with van der Waals surface area (Å²) in [6, 6.07) is 37.8. The van der Waals surface area contributed by atoms with Gasteiger partial charge in [-0.1, -0.05) is 116 Å². The molecule has 0 fully saturated rings. The molecule has 0 bridgehead atoms. The molecule has 0 saturated carbocycles. The number of benzene rings is 5. The van der Waals surface area contributed by atoms with Gasteiger partial charge < -0.3 is 15.8 Å². The fraction of sp³-hybridized carbons (Fsp3) is 0.111. The number of fused-ring (bicyclic) bond motifs is 1. The summed E-state index contributed by atoms with van der Waals surface area (Å²) < 4.78 is 16.0. The molecule has 5 nitrogen and oxygen atoms in total. The molecule has 0 aliphatic carbocycles. The molecule has 220 valence electrons. The lowest BCUT2D eigenvalue weighted by Gasteiger charge is -2.41. The predicted octanol–water partition coefficient (Wildman–Crippen LogP) is 7.49. The van der Waals surface area contributed by atoms with Gasteiger partial charge in [0.2, 0.25) is 0 Å². The Morgan fingerprint density at radius 2 is 1.39 bits per heavy atom. The molecule has 0 spiro atoms. The van der Waals surface area contributed by atoms with Crippen LogP contribution in [0.25, 0.3) is 21.9 Å². The van der Waals surface area contributed by atoms with Crippen molar-refractivity contribution in [3.05, 3.63) is 138 Å². The number of hydrogen-bond donors (Lipinski definition) is 3. The monoisotopic (exact) mass is 618 g/mol. The summed E-state index contributed by atoms with van der Waals surface area (Å²) in [4.78, 5) is 12.8. The molecule has 8 heteroatoms. The van der Waals surface area contributed by atoms with Gasteiger partial charge in [-0.2, -0.15) is 0 Å². The highest BCUT2D eigenvalue weighted by atomic mass is 35.5. The van der Waals surface area contributed by atoms with Gasteiger partial charge in [0.1, 0.15) is 5.82 Å². The summed E-state index contributed by atoms with van der Waals surface area (Å²) >= 11 is 6.89. The van der Waals surface area contributed by atoms with Crippen LogP contribution < -0.4 is 21.4 Å². The van der Waals surface area contributed by atoms with Crippen LogP contribution in [0.4, 0.5) is 21.7 Å². The van der Waals surface area contributed by atoms with E-state index >= 15 is 4.39 Å². The summed E-state index contributed by atoms with van der Waals surface area (Å²) in [6.45, 7) is 4.13. The first-order valence-electron chi connectivity index (χ1n) is 14.4. The minimum absolute atomic E-state index is 0.226. The lowest BCUT2D eigenvalue weighted by molar-refractivity contribution is 0.483. The van der Waals surface area contributed by atoms with E-state index in [1.807, 2.05) is 103 Å². The second kappa shape index (κ2) is 11.8. The van der Waals surface area contributed by atoms with E-state index in [0.29, 0.717) is 39.2 Å². The summed E-state index contributed by atoms with van der Waals surface area (Å²) in [6.07, 6.45) is 0.396. The molecular weight excluding hydrogens is 587 g/mol. The van der Waals surface area contributed by atoms with Gasteiger partial charge in [0.25, 0.3) is 8.32 Å². The van der Waals surface area contributed by atoms with Crippen LogP contribution in [0.2, 0.25) is 10.1 Å². The fourth-order valence-corrected chi connectivity index (χ4v) is 10.0. The van der Waals surface area contributed by atoms with Crippen molar-refractivity contribution >= 4 is 58.4 Å². The van der Waals surface area contributed by atoms with Crippen molar-refractivity contribution in [2.45, 2.75) is 25.3 Å². The Hall–Kier alpha value is -4.56. The van der Waals surface area contributed by atoms with Crippen LogP contribution in [-0.4, -0.2) is 23.3 Å². The molecule has 0 atom stereocenters. The zero-order chi connectivity index (χ0) is 30.9. The average Bonchev–Trinajstić information content (AvgIpc) is 3.03. The number of rotatable bonds is 8. The van der Waals surface area contributed by atoms with Gasteiger partial charge in [-0.15, -0.1) is 10.2 Å². The summed E-state index contributed by atoms with van der Waals surface area (Å²) in [5.41, 5.74) is 8.67. The number of nitrogens with one attached hydrogen (secondary N) is 1. The zero-order valence-corrected chi connectivity index (χ0v) is 26.2. The largest absolute Gasteiger partial charge is 0.424 e. The van der Waals surface area contributed by atoms with Crippen LogP contribution in [0.1, 0.15) is 19.4 Å². The Bertz CT molecular complexity index is 1900. The zero-order valence-electron chi connectivity index (χ0n) is 24.4. The van der Waals surface area contributed by atoms with Crippen LogP contribution >= 0.6 is 11.6 Å². The molecule has 0 aliphatic rings. The van der Waals surface area contributed by atoms with Crippen molar-refractivity contribution in [1.82, 2.24) is 10.2 Å². The van der Waals surface area contributed by atoms with Crippen LogP contribution in [0.3, 0.4) is 0 Å². The first kappa shape index (κ1) is 29.5. The van der Waals surface area contributed by atoms with Crippen molar-refractivity contribution in [3.8, 4) is 11.1 Å². The Kier molecular flexibility index (Phi) is 7.94. The van der Waals surface area contributed by atoms with Gasteiger partial charge >= 0.3 is 0 Å². The normalized spacial score (nSPS) is 11.9. The van der Waals surface area contributed by atoms with Crippen molar-refractivity contribution in [2.75, 3.05) is 11.1 Å². The van der Waals surface area contributed by atoms with E-state index in [0.717, 1.165) is 21.6 Å². The molecule has 0 unspecified atom stereocenters. The second-order valence-corrected chi connectivity index (χ2v) is 15.9.